The maximum atomic E-state index is 11.0. The van der Waals surface area contributed by atoms with E-state index < -0.39 is 12.1 Å². The highest BCUT2D eigenvalue weighted by Crippen LogP contribution is 2.38. The van der Waals surface area contributed by atoms with Crippen molar-refractivity contribution in [2.75, 3.05) is 0 Å². The van der Waals surface area contributed by atoms with Crippen LogP contribution in [-0.4, -0.2) is 16.2 Å². The maximum Gasteiger partial charge on any atom is 0.337 e. The first-order valence-corrected chi connectivity index (χ1v) is 7.17. The molecule has 0 saturated carbocycles. The van der Waals surface area contributed by atoms with Gasteiger partial charge in [0, 0.05) is 5.02 Å². The Bertz CT molecular complexity index is 692. The fourth-order valence-corrected chi connectivity index (χ4v) is 2.63. The smallest absolute Gasteiger partial charge is 0.337 e. The van der Waals surface area contributed by atoms with Crippen molar-refractivity contribution < 1.29 is 15.0 Å². The molecule has 0 aliphatic carbocycles. The molecule has 0 radical (unpaired) electrons. The lowest BCUT2D eigenvalue weighted by Gasteiger charge is -2.14. The lowest BCUT2D eigenvalue weighted by atomic mass is 9.96. The Labute approximate surface area is 140 Å². The number of rotatable bonds is 3. The predicted octanol–water partition coefficient (Wildman–Crippen LogP) is 5.09. The van der Waals surface area contributed by atoms with Crippen LogP contribution in [0.25, 0.3) is 11.1 Å². The van der Waals surface area contributed by atoms with Gasteiger partial charge >= 0.3 is 5.97 Å². The van der Waals surface area contributed by atoms with Crippen LogP contribution < -0.4 is 0 Å². The average molecular weight is 366 g/mol. The summed E-state index contributed by atoms with van der Waals surface area (Å²) in [7, 11) is 0. The molecular formula is C14H8Cl4O3. The van der Waals surface area contributed by atoms with Gasteiger partial charge in [0.25, 0.3) is 0 Å². The predicted molar refractivity (Wildman–Crippen MR) is 84.5 cm³/mol. The van der Waals surface area contributed by atoms with Gasteiger partial charge in [0.1, 0.15) is 0 Å². The molecule has 7 heteroatoms. The molecule has 0 bridgehead atoms. The van der Waals surface area contributed by atoms with Crippen LogP contribution >= 0.6 is 46.4 Å². The highest BCUT2D eigenvalue weighted by atomic mass is 35.5. The summed E-state index contributed by atoms with van der Waals surface area (Å²) in [5.41, 5.74) is 1.10. The van der Waals surface area contributed by atoms with Crippen LogP contribution in [0.2, 0.25) is 20.1 Å². The SMILES string of the molecule is O=C(O)C(O)c1ccc(Cl)cc1-c1cc(Cl)c(Cl)c(Cl)c1. The zero-order chi connectivity index (χ0) is 15.7. The van der Waals surface area contributed by atoms with E-state index in [0.29, 0.717) is 16.1 Å². The number of aliphatic carboxylic acids is 1. The summed E-state index contributed by atoms with van der Waals surface area (Å²) in [6.07, 6.45) is -1.69. The van der Waals surface area contributed by atoms with Crippen molar-refractivity contribution in [3.63, 3.8) is 0 Å². The van der Waals surface area contributed by atoms with Gasteiger partial charge in [-0.15, -0.1) is 0 Å². The third-order valence-electron chi connectivity index (χ3n) is 2.84. The largest absolute Gasteiger partial charge is 0.479 e. The summed E-state index contributed by atoms with van der Waals surface area (Å²) in [6, 6.07) is 7.51. The van der Waals surface area contributed by atoms with Crippen molar-refractivity contribution in [1.29, 1.82) is 0 Å². The maximum absolute atomic E-state index is 11.0. The van der Waals surface area contributed by atoms with Crippen LogP contribution in [0.3, 0.4) is 0 Å². The van der Waals surface area contributed by atoms with Crippen molar-refractivity contribution in [2.24, 2.45) is 0 Å². The van der Waals surface area contributed by atoms with Gasteiger partial charge in [-0.3, -0.25) is 0 Å². The van der Waals surface area contributed by atoms with E-state index in [4.69, 9.17) is 51.5 Å². The van der Waals surface area contributed by atoms with E-state index in [-0.39, 0.29) is 20.6 Å². The second-order valence-electron chi connectivity index (χ2n) is 4.23. The fourth-order valence-electron chi connectivity index (χ4n) is 1.86. The number of hydrogen-bond acceptors (Lipinski definition) is 2. The van der Waals surface area contributed by atoms with Crippen LogP contribution in [0, 0.1) is 0 Å². The van der Waals surface area contributed by atoms with Crippen LogP contribution in [0.4, 0.5) is 0 Å². The molecule has 1 unspecified atom stereocenters. The molecule has 0 fully saturated rings. The van der Waals surface area contributed by atoms with Crippen LogP contribution in [0.5, 0.6) is 0 Å². The minimum Gasteiger partial charge on any atom is -0.479 e. The Morgan fingerprint density at radius 3 is 2.10 bits per heavy atom. The van der Waals surface area contributed by atoms with Gasteiger partial charge in [-0.05, 0) is 41.0 Å². The second-order valence-corrected chi connectivity index (χ2v) is 5.86. The zero-order valence-electron chi connectivity index (χ0n) is 10.3. The van der Waals surface area contributed by atoms with Gasteiger partial charge in [0.15, 0.2) is 6.10 Å². The third kappa shape index (κ3) is 3.44. The Balaban J connectivity index is 2.68. The summed E-state index contributed by atoms with van der Waals surface area (Å²) in [4.78, 5) is 11.0. The van der Waals surface area contributed by atoms with Crippen LogP contribution in [0.1, 0.15) is 11.7 Å². The van der Waals surface area contributed by atoms with Gasteiger partial charge in [-0.2, -0.15) is 0 Å². The summed E-state index contributed by atoms with van der Waals surface area (Å²) < 4.78 is 0. The summed E-state index contributed by atoms with van der Waals surface area (Å²) in [5, 5.41) is 19.8. The first-order chi connectivity index (χ1) is 9.81. The molecule has 0 aromatic heterocycles. The van der Waals surface area contributed by atoms with Gasteiger partial charge in [0.2, 0.25) is 0 Å². The summed E-state index contributed by atoms with van der Waals surface area (Å²) in [5.74, 6) is -1.37. The van der Waals surface area contributed by atoms with E-state index >= 15 is 0 Å². The highest BCUT2D eigenvalue weighted by Gasteiger charge is 2.21. The molecule has 0 aliphatic heterocycles. The lowest BCUT2D eigenvalue weighted by Crippen LogP contribution is -2.11. The number of carboxylic acid groups (broad SMARTS) is 1. The monoisotopic (exact) mass is 364 g/mol. The van der Waals surface area contributed by atoms with Crippen molar-refractivity contribution in [1.82, 2.24) is 0 Å². The molecule has 3 nitrogen and oxygen atoms in total. The average Bonchev–Trinajstić information content (AvgIpc) is 2.43. The van der Waals surface area contributed by atoms with Gasteiger partial charge in [0.05, 0.1) is 15.1 Å². The molecule has 0 heterocycles. The number of carboxylic acids is 1. The van der Waals surface area contributed by atoms with E-state index in [9.17, 15) is 9.90 Å². The van der Waals surface area contributed by atoms with E-state index in [2.05, 4.69) is 0 Å². The minimum absolute atomic E-state index is 0.182. The Hall–Kier alpha value is -0.970. The molecule has 110 valence electrons. The number of benzene rings is 2. The number of aliphatic hydroxyl groups is 1. The molecule has 2 aromatic carbocycles. The minimum atomic E-state index is -1.69. The van der Waals surface area contributed by atoms with Crippen LogP contribution in [0.15, 0.2) is 30.3 Å². The van der Waals surface area contributed by atoms with Crippen LogP contribution in [-0.2, 0) is 4.79 Å². The van der Waals surface area contributed by atoms with E-state index in [1.54, 1.807) is 0 Å². The van der Waals surface area contributed by atoms with E-state index in [0.717, 1.165) is 0 Å². The Kier molecular flexibility index (Phi) is 5.02. The lowest BCUT2D eigenvalue weighted by molar-refractivity contribution is -0.146. The van der Waals surface area contributed by atoms with Crippen molar-refractivity contribution in [2.45, 2.75) is 6.10 Å². The standard InChI is InChI=1S/C14H8Cl4O3/c15-7-1-2-8(13(19)14(20)21)9(5-7)6-3-10(16)12(18)11(17)4-6/h1-5,13,19H,(H,20,21). The van der Waals surface area contributed by atoms with Crippen molar-refractivity contribution in [3.8, 4) is 11.1 Å². The molecule has 0 saturated heterocycles. The quantitative estimate of drug-likeness (QED) is 0.745. The molecule has 0 amide bonds. The summed E-state index contributed by atoms with van der Waals surface area (Å²) in [6.45, 7) is 0. The zero-order valence-corrected chi connectivity index (χ0v) is 13.3. The Morgan fingerprint density at radius 1 is 1.00 bits per heavy atom. The molecule has 2 aromatic rings. The first-order valence-electron chi connectivity index (χ1n) is 5.66. The fraction of sp³-hybridized carbons (Fsp3) is 0.0714. The van der Waals surface area contributed by atoms with Gasteiger partial charge < -0.3 is 10.2 Å². The molecule has 1 atom stereocenters. The molecule has 0 spiro atoms. The van der Waals surface area contributed by atoms with Gasteiger partial charge in [-0.1, -0.05) is 52.5 Å². The Morgan fingerprint density at radius 2 is 1.57 bits per heavy atom. The molecule has 2 N–H and O–H groups in total. The normalized spacial score (nSPS) is 12.2. The molecule has 21 heavy (non-hydrogen) atoms. The first kappa shape index (κ1) is 16.4. The summed E-state index contributed by atoms with van der Waals surface area (Å²) >= 11 is 23.8. The van der Waals surface area contributed by atoms with Gasteiger partial charge in [-0.25, -0.2) is 4.79 Å². The number of halogens is 4. The molecular weight excluding hydrogens is 358 g/mol. The molecule has 0 aliphatic rings. The number of carbonyl (C=O) groups is 1. The highest BCUT2D eigenvalue weighted by molar-refractivity contribution is 6.48. The van der Waals surface area contributed by atoms with E-state index in [1.807, 2.05) is 0 Å². The number of aliphatic hydroxyl groups excluding tert-OH is 1. The molecule has 2 rings (SSSR count). The topological polar surface area (TPSA) is 57.5 Å². The van der Waals surface area contributed by atoms with Crippen molar-refractivity contribution >= 4 is 52.4 Å². The second kappa shape index (κ2) is 6.42. The van der Waals surface area contributed by atoms with E-state index in [1.165, 1.54) is 30.3 Å². The third-order valence-corrected chi connectivity index (χ3v) is 4.27. The van der Waals surface area contributed by atoms with Crippen molar-refractivity contribution in [3.05, 3.63) is 56.0 Å². The number of hydrogen-bond donors (Lipinski definition) is 2.